The Hall–Kier alpha value is -0.0400. The van der Waals surface area contributed by atoms with Gasteiger partial charge in [-0.15, -0.1) is 24.0 Å². The topological polar surface area (TPSA) is 59.6 Å². The van der Waals surface area contributed by atoms with Gasteiger partial charge in [0.25, 0.3) is 0 Å². The zero-order valence-corrected chi connectivity index (χ0v) is 13.5. The molecule has 1 rings (SSSR count). The maximum atomic E-state index is 5.79. The second kappa shape index (κ2) is 8.13. The highest BCUT2D eigenvalue weighted by molar-refractivity contribution is 14.0. The van der Waals surface area contributed by atoms with Gasteiger partial charge in [-0.2, -0.15) is 0 Å². The fourth-order valence-electron chi connectivity index (χ4n) is 1.60. The second-order valence-corrected chi connectivity index (χ2v) is 5.22. The summed E-state index contributed by atoms with van der Waals surface area (Å²) in [7, 11) is 1.75. The lowest BCUT2D eigenvalue weighted by molar-refractivity contribution is 0.174. The third kappa shape index (κ3) is 7.08. The number of halogens is 1. The normalized spacial score (nSPS) is 17.8. The molecule has 1 aliphatic rings. The van der Waals surface area contributed by atoms with Crippen LogP contribution in [0, 0.1) is 11.3 Å². The van der Waals surface area contributed by atoms with E-state index in [1.807, 2.05) is 0 Å². The van der Waals surface area contributed by atoms with E-state index >= 15 is 0 Å². The third-order valence-electron chi connectivity index (χ3n) is 3.07. The number of hydrogen-bond acceptors (Lipinski definition) is 2. The number of aliphatic imine (C=N–C) groups is 1. The summed E-state index contributed by atoms with van der Waals surface area (Å²) in [6.07, 6.45) is 3.62. The van der Waals surface area contributed by atoms with Crippen LogP contribution in [0.3, 0.4) is 0 Å². The molecule has 0 radical (unpaired) electrons. The molecule has 1 saturated carbocycles. The standard InChI is InChI=1S/C12H25N3O.HI/c1-10(2)8-14-11(13)15-9-12(4-5-12)6-7-16-3;/h10H,4-9H2,1-3H3,(H3,13,14,15);1H. The molecule has 1 fully saturated rings. The van der Waals surface area contributed by atoms with E-state index in [0.717, 1.165) is 26.1 Å². The van der Waals surface area contributed by atoms with E-state index in [-0.39, 0.29) is 24.0 Å². The number of hydrogen-bond donors (Lipinski definition) is 2. The summed E-state index contributed by atoms with van der Waals surface area (Å²) < 4.78 is 5.11. The second-order valence-electron chi connectivity index (χ2n) is 5.22. The van der Waals surface area contributed by atoms with E-state index < -0.39 is 0 Å². The van der Waals surface area contributed by atoms with Crippen LogP contribution in [0.15, 0.2) is 4.99 Å². The molecule has 0 aromatic heterocycles. The molecule has 0 amide bonds. The highest BCUT2D eigenvalue weighted by atomic mass is 127. The number of ether oxygens (including phenoxy) is 1. The molecule has 17 heavy (non-hydrogen) atoms. The maximum absolute atomic E-state index is 5.79. The van der Waals surface area contributed by atoms with Crippen LogP contribution < -0.4 is 11.1 Å². The molecule has 1 aliphatic carbocycles. The Morgan fingerprint density at radius 1 is 1.47 bits per heavy atom. The van der Waals surface area contributed by atoms with Gasteiger partial charge in [-0.05, 0) is 30.6 Å². The predicted octanol–water partition coefficient (Wildman–Crippen LogP) is 1.98. The number of nitrogens with one attached hydrogen (secondary N) is 1. The molecule has 5 heteroatoms. The molecule has 0 aromatic rings. The van der Waals surface area contributed by atoms with Crippen LogP contribution in [-0.4, -0.2) is 32.8 Å². The number of rotatable bonds is 7. The van der Waals surface area contributed by atoms with E-state index in [2.05, 4.69) is 24.2 Å². The van der Waals surface area contributed by atoms with E-state index in [1.54, 1.807) is 7.11 Å². The summed E-state index contributed by atoms with van der Waals surface area (Å²) in [6.45, 7) is 6.87. The fraction of sp³-hybridized carbons (Fsp3) is 0.917. The van der Waals surface area contributed by atoms with Crippen molar-refractivity contribution < 1.29 is 4.74 Å². The molecule has 0 atom stereocenters. The zero-order valence-electron chi connectivity index (χ0n) is 11.2. The average molecular weight is 355 g/mol. The van der Waals surface area contributed by atoms with Crippen molar-refractivity contribution in [2.75, 3.05) is 26.8 Å². The Morgan fingerprint density at radius 2 is 2.12 bits per heavy atom. The maximum Gasteiger partial charge on any atom is 0.188 e. The number of nitrogens with two attached hydrogens (primary N) is 1. The van der Waals surface area contributed by atoms with Crippen molar-refractivity contribution in [3.63, 3.8) is 0 Å². The van der Waals surface area contributed by atoms with Crippen molar-refractivity contribution in [2.24, 2.45) is 22.1 Å². The quantitative estimate of drug-likeness (QED) is 0.417. The summed E-state index contributed by atoms with van der Waals surface area (Å²) in [5.74, 6) is 1.18. The van der Waals surface area contributed by atoms with Crippen molar-refractivity contribution >= 4 is 29.9 Å². The minimum atomic E-state index is 0. The third-order valence-corrected chi connectivity index (χ3v) is 3.07. The van der Waals surface area contributed by atoms with Gasteiger partial charge in [0.2, 0.25) is 0 Å². The molecule has 0 saturated heterocycles. The van der Waals surface area contributed by atoms with E-state index in [0.29, 0.717) is 17.3 Å². The Morgan fingerprint density at radius 3 is 2.59 bits per heavy atom. The Bertz CT molecular complexity index is 240. The summed E-state index contributed by atoms with van der Waals surface area (Å²) in [5, 5.41) is 3.14. The lowest BCUT2D eigenvalue weighted by atomic mass is 10.0. The van der Waals surface area contributed by atoms with E-state index in [1.165, 1.54) is 12.8 Å². The first-order valence-corrected chi connectivity index (χ1v) is 6.11. The predicted molar refractivity (Wildman–Crippen MR) is 82.9 cm³/mol. The smallest absolute Gasteiger partial charge is 0.188 e. The lowest BCUT2D eigenvalue weighted by Gasteiger charge is -2.13. The highest BCUT2D eigenvalue weighted by Crippen LogP contribution is 2.48. The molecular weight excluding hydrogens is 329 g/mol. The number of guanidine groups is 1. The van der Waals surface area contributed by atoms with Gasteiger partial charge in [0.15, 0.2) is 5.96 Å². The summed E-state index contributed by atoms with van der Waals surface area (Å²) in [5.41, 5.74) is 6.18. The minimum absolute atomic E-state index is 0. The highest BCUT2D eigenvalue weighted by Gasteiger charge is 2.41. The van der Waals surface area contributed by atoms with Gasteiger partial charge >= 0.3 is 0 Å². The van der Waals surface area contributed by atoms with Gasteiger partial charge in [0.1, 0.15) is 0 Å². The first-order valence-electron chi connectivity index (χ1n) is 6.11. The van der Waals surface area contributed by atoms with Crippen LogP contribution in [0.25, 0.3) is 0 Å². The van der Waals surface area contributed by atoms with Gasteiger partial charge in [0.05, 0.1) is 0 Å². The summed E-state index contributed by atoms with van der Waals surface area (Å²) in [4.78, 5) is 4.41. The zero-order chi connectivity index (χ0) is 12.0. The molecule has 3 N–H and O–H groups in total. The van der Waals surface area contributed by atoms with E-state index in [9.17, 15) is 0 Å². The molecule has 0 spiro atoms. The molecule has 0 heterocycles. The molecule has 0 bridgehead atoms. The van der Waals surface area contributed by atoms with Gasteiger partial charge in [-0.3, -0.25) is 4.99 Å². The van der Waals surface area contributed by atoms with Crippen LogP contribution in [0.5, 0.6) is 0 Å². The van der Waals surface area contributed by atoms with Crippen LogP contribution in [-0.2, 0) is 4.74 Å². The van der Waals surface area contributed by atoms with Gasteiger partial charge in [-0.1, -0.05) is 13.8 Å². The monoisotopic (exact) mass is 355 g/mol. The van der Waals surface area contributed by atoms with Crippen molar-refractivity contribution in [1.82, 2.24) is 5.32 Å². The molecular formula is C12H26IN3O. The van der Waals surface area contributed by atoms with Gasteiger partial charge in [0, 0.05) is 26.8 Å². The van der Waals surface area contributed by atoms with Crippen molar-refractivity contribution in [3.05, 3.63) is 0 Å². The molecule has 4 nitrogen and oxygen atoms in total. The number of methoxy groups -OCH3 is 1. The Kier molecular flexibility index (Phi) is 8.11. The minimum Gasteiger partial charge on any atom is -0.385 e. The van der Waals surface area contributed by atoms with Crippen LogP contribution in [0.4, 0.5) is 0 Å². The molecule has 102 valence electrons. The van der Waals surface area contributed by atoms with Gasteiger partial charge < -0.3 is 15.8 Å². The van der Waals surface area contributed by atoms with E-state index in [4.69, 9.17) is 10.5 Å². The Labute approximate surface area is 122 Å². The Balaban J connectivity index is 0.00000256. The lowest BCUT2D eigenvalue weighted by Crippen LogP contribution is -2.35. The molecule has 0 aliphatic heterocycles. The number of nitrogens with zero attached hydrogens (tertiary/aromatic N) is 1. The summed E-state index contributed by atoms with van der Waals surface area (Å²) >= 11 is 0. The fourth-order valence-corrected chi connectivity index (χ4v) is 1.60. The van der Waals surface area contributed by atoms with Crippen LogP contribution >= 0.6 is 24.0 Å². The average Bonchev–Trinajstić information content (AvgIpc) is 3.01. The SMILES string of the molecule is COCCC1(CN=C(N)NCC(C)C)CC1.I. The van der Waals surface area contributed by atoms with Crippen molar-refractivity contribution in [2.45, 2.75) is 33.1 Å². The van der Waals surface area contributed by atoms with Crippen LogP contribution in [0.1, 0.15) is 33.1 Å². The first kappa shape index (κ1) is 17.0. The molecule has 0 unspecified atom stereocenters. The largest absolute Gasteiger partial charge is 0.385 e. The van der Waals surface area contributed by atoms with Crippen LogP contribution in [0.2, 0.25) is 0 Å². The van der Waals surface area contributed by atoms with Crippen molar-refractivity contribution in [3.8, 4) is 0 Å². The summed E-state index contributed by atoms with van der Waals surface area (Å²) in [6, 6.07) is 0. The van der Waals surface area contributed by atoms with Gasteiger partial charge in [-0.25, -0.2) is 0 Å². The molecule has 0 aromatic carbocycles. The first-order chi connectivity index (χ1) is 7.58. The van der Waals surface area contributed by atoms with Crippen molar-refractivity contribution in [1.29, 1.82) is 0 Å².